The topological polar surface area (TPSA) is 38.5 Å². The fraction of sp³-hybridized carbons (Fsp3) is 0.667. The molecule has 0 spiro atoms. The number of fused-ring (bicyclic) bond motifs is 1. The lowest BCUT2D eigenvalue weighted by Gasteiger charge is -2.42. The zero-order valence-electron chi connectivity index (χ0n) is 13.5. The fourth-order valence-electron chi connectivity index (χ4n) is 3.64. The van der Waals surface area contributed by atoms with Gasteiger partial charge in [-0.1, -0.05) is 6.07 Å². The lowest BCUT2D eigenvalue weighted by molar-refractivity contribution is 0.113. The first kappa shape index (κ1) is 14.9. The van der Waals surface area contributed by atoms with Crippen molar-refractivity contribution >= 4 is 0 Å². The van der Waals surface area contributed by atoms with Gasteiger partial charge < -0.3 is 10.5 Å². The number of hydrogen-bond donors (Lipinski definition) is 1. The lowest BCUT2D eigenvalue weighted by atomic mass is 9.83. The van der Waals surface area contributed by atoms with Crippen molar-refractivity contribution in [2.75, 3.05) is 13.7 Å². The molecule has 116 valence electrons. The minimum absolute atomic E-state index is 0.126. The summed E-state index contributed by atoms with van der Waals surface area (Å²) >= 11 is 0. The second-order valence-corrected chi connectivity index (χ2v) is 6.93. The quantitative estimate of drug-likeness (QED) is 0.904. The summed E-state index contributed by atoms with van der Waals surface area (Å²) in [6.45, 7) is 5.83. The Bertz CT molecular complexity index is 496. The van der Waals surface area contributed by atoms with Gasteiger partial charge in [-0.05, 0) is 68.7 Å². The maximum absolute atomic E-state index is 6.63. The standard InChI is InChI=1S/C18H28N2O/c1-12(2)20(11-13-4-5-13)17-9-6-14-10-15(21-3)7-8-16(14)18(17)19/h7-8,10,12-13,17-18H,4-6,9,11,19H2,1-3H3. The SMILES string of the molecule is COc1ccc2c(c1)CCC(N(CC1CC1)C(C)C)C2N. The maximum Gasteiger partial charge on any atom is 0.119 e. The van der Waals surface area contributed by atoms with Crippen molar-refractivity contribution < 1.29 is 4.74 Å². The summed E-state index contributed by atoms with van der Waals surface area (Å²) in [4.78, 5) is 2.65. The van der Waals surface area contributed by atoms with Gasteiger partial charge in [0.25, 0.3) is 0 Å². The largest absolute Gasteiger partial charge is 0.497 e. The third kappa shape index (κ3) is 3.09. The van der Waals surface area contributed by atoms with Gasteiger partial charge in [0.1, 0.15) is 5.75 Å². The number of benzene rings is 1. The Morgan fingerprint density at radius 2 is 2.05 bits per heavy atom. The van der Waals surface area contributed by atoms with Crippen molar-refractivity contribution in [2.24, 2.45) is 11.7 Å². The summed E-state index contributed by atoms with van der Waals surface area (Å²) in [5.74, 6) is 1.86. The molecule has 1 saturated carbocycles. The van der Waals surface area contributed by atoms with Crippen molar-refractivity contribution in [3.05, 3.63) is 29.3 Å². The highest BCUT2D eigenvalue weighted by Gasteiger charge is 2.35. The van der Waals surface area contributed by atoms with Crippen LogP contribution in [0, 0.1) is 5.92 Å². The van der Waals surface area contributed by atoms with Gasteiger partial charge in [-0.15, -0.1) is 0 Å². The smallest absolute Gasteiger partial charge is 0.119 e. The molecule has 2 aliphatic rings. The number of rotatable bonds is 5. The Hall–Kier alpha value is -1.06. The zero-order valence-corrected chi connectivity index (χ0v) is 13.5. The van der Waals surface area contributed by atoms with E-state index in [4.69, 9.17) is 10.5 Å². The summed E-state index contributed by atoms with van der Waals surface area (Å²) in [7, 11) is 1.73. The second kappa shape index (κ2) is 5.98. The lowest BCUT2D eigenvalue weighted by Crippen LogP contribution is -2.49. The van der Waals surface area contributed by atoms with Gasteiger partial charge >= 0.3 is 0 Å². The van der Waals surface area contributed by atoms with E-state index in [2.05, 4.69) is 30.9 Å². The molecule has 0 bridgehead atoms. The molecule has 3 rings (SSSR count). The van der Waals surface area contributed by atoms with Crippen molar-refractivity contribution in [3.8, 4) is 5.75 Å². The Labute approximate surface area is 128 Å². The number of nitrogens with two attached hydrogens (primary N) is 1. The van der Waals surface area contributed by atoms with E-state index in [9.17, 15) is 0 Å². The molecule has 2 aliphatic carbocycles. The summed E-state index contributed by atoms with van der Waals surface area (Å²) in [5.41, 5.74) is 9.32. The van der Waals surface area contributed by atoms with Gasteiger partial charge in [0.2, 0.25) is 0 Å². The predicted octanol–water partition coefficient (Wildman–Crippen LogP) is 3.13. The third-order valence-electron chi connectivity index (χ3n) is 5.09. The van der Waals surface area contributed by atoms with Crippen LogP contribution in [0.15, 0.2) is 18.2 Å². The minimum Gasteiger partial charge on any atom is -0.497 e. The fourth-order valence-corrected chi connectivity index (χ4v) is 3.64. The molecule has 0 aliphatic heterocycles. The first-order chi connectivity index (χ1) is 10.1. The molecule has 21 heavy (non-hydrogen) atoms. The molecule has 0 amide bonds. The summed E-state index contributed by atoms with van der Waals surface area (Å²) in [5, 5.41) is 0. The summed E-state index contributed by atoms with van der Waals surface area (Å²) in [6, 6.07) is 7.54. The number of methoxy groups -OCH3 is 1. The minimum atomic E-state index is 0.126. The maximum atomic E-state index is 6.63. The number of ether oxygens (including phenoxy) is 1. The van der Waals surface area contributed by atoms with Gasteiger partial charge in [-0.3, -0.25) is 4.90 Å². The highest BCUT2D eigenvalue weighted by atomic mass is 16.5. The van der Waals surface area contributed by atoms with Crippen molar-refractivity contribution in [2.45, 2.75) is 57.7 Å². The van der Waals surface area contributed by atoms with E-state index in [1.807, 2.05) is 6.07 Å². The molecular weight excluding hydrogens is 260 g/mol. The molecular formula is C18H28N2O. The van der Waals surface area contributed by atoms with Crippen molar-refractivity contribution in [1.29, 1.82) is 0 Å². The van der Waals surface area contributed by atoms with Crippen LogP contribution in [0.2, 0.25) is 0 Å². The molecule has 3 heteroatoms. The van der Waals surface area contributed by atoms with Gasteiger partial charge in [-0.2, -0.15) is 0 Å². The number of hydrogen-bond acceptors (Lipinski definition) is 3. The van der Waals surface area contributed by atoms with E-state index in [0.29, 0.717) is 12.1 Å². The summed E-state index contributed by atoms with van der Waals surface area (Å²) in [6.07, 6.45) is 5.07. The first-order valence-electron chi connectivity index (χ1n) is 8.28. The van der Waals surface area contributed by atoms with E-state index in [1.54, 1.807) is 7.11 Å². The van der Waals surface area contributed by atoms with Crippen LogP contribution in [0.5, 0.6) is 5.75 Å². The van der Waals surface area contributed by atoms with Crippen LogP contribution in [-0.2, 0) is 6.42 Å². The highest BCUT2D eigenvalue weighted by molar-refractivity contribution is 5.40. The normalized spacial score (nSPS) is 25.2. The van der Waals surface area contributed by atoms with E-state index >= 15 is 0 Å². The number of nitrogens with zero attached hydrogens (tertiary/aromatic N) is 1. The Morgan fingerprint density at radius 3 is 2.67 bits per heavy atom. The van der Waals surface area contributed by atoms with E-state index < -0.39 is 0 Å². The molecule has 1 aromatic rings. The van der Waals surface area contributed by atoms with Gasteiger partial charge in [0.05, 0.1) is 7.11 Å². The molecule has 3 nitrogen and oxygen atoms in total. The van der Waals surface area contributed by atoms with Crippen molar-refractivity contribution in [3.63, 3.8) is 0 Å². The molecule has 2 N–H and O–H groups in total. The Morgan fingerprint density at radius 1 is 1.29 bits per heavy atom. The number of aryl methyl sites for hydroxylation is 1. The van der Waals surface area contributed by atoms with Crippen LogP contribution in [0.3, 0.4) is 0 Å². The van der Waals surface area contributed by atoms with Gasteiger partial charge in [0.15, 0.2) is 0 Å². The van der Waals surface area contributed by atoms with E-state index in [-0.39, 0.29) is 6.04 Å². The molecule has 0 aromatic heterocycles. The average molecular weight is 288 g/mol. The van der Waals surface area contributed by atoms with Crippen LogP contribution >= 0.6 is 0 Å². The van der Waals surface area contributed by atoms with Crippen LogP contribution in [0.1, 0.15) is 50.3 Å². The van der Waals surface area contributed by atoms with E-state index in [0.717, 1.165) is 24.5 Å². The van der Waals surface area contributed by atoms with Gasteiger partial charge in [-0.25, -0.2) is 0 Å². The highest BCUT2D eigenvalue weighted by Crippen LogP contribution is 2.37. The molecule has 1 fully saturated rings. The Balaban J connectivity index is 1.81. The van der Waals surface area contributed by atoms with Crippen molar-refractivity contribution in [1.82, 2.24) is 4.90 Å². The van der Waals surface area contributed by atoms with Crippen LogP contribution in [0.4, 0.5) is 0 Å². The monoisotopic (exact) mass is 288 g/mol. The molecule has 0 radical (unpaired) electrons. The first-order valence-corrected chi connectivity index (χ1v) is 8.28. The predicted molar refractivity (Wildman–Crippen MR) is 86.6 cm³/mol. The third-order valence-corrected chi connectivity index (χ3v) is 5.09. The molecule has 0 heterocycles. The average Bonchev–Trinajstić information content (AvgIpc) is 3.29. The second-order valence-electron chi connectivity index (χ2n) is 6.93. The van der Waals surface area contributed by atoms with E-state index in [1.165, 1.54) is 30.5 Å². The zero-order chi connectivity index (χ0) is 15.0. The molecule has 1 aromatic carbocycles. The molecule has 2 atom stereocenters. The summed E-state index contributed by atoms with van der Waals surface area (Å²) < 4.78 is 5.34. The van der Waals surface area contributed by atoms with Crippen LogP contribution < -0.4 is 10.5 Å². The molecule has 2 unspecified atom stereocenters. The van der Waals surface area contributed by atoms with Crippen LogP contribution in [-0.4, -0.2) is 30.6 Å². The van der Waals surface area contributed by atoms with Gasteiger partial charge in [0, 0.05) is 24.7 Å². The Kier molecular flexibility index (Phi) is 4.23. The van der Waals surface area contributed by atoms with Crippen LogP contribution in [0.25, 0.3) is 0 Å². The molecule has 0 saturated heterocycles.